The van der Waals surface area contributed by atoms with Crippen LogP contribution in [0.15, 0.2) is 54.6 Å². The molecule has 4 bridgehead atoms. The minimum Gasteiger partial charge on any atom is -0.308 e. The fourth-order valence-electron chi connectivity index (χ4n) is 11.3. The molecule has 0 N–H and O–H groups in total. The summed E-state index contributed by atoms with van der Waals surface area (Å²) in [6.07, 6.45) is 10.2. The van der Waals surface area contributed by atoms with Gasteiger partial charge in [0.15, 0.2) is 11.6 Å². The van der Waals surface area contributed by atoms with Crippen LogP contribution in [0.2, 0.25) is 0 Å². The van der Waals surface area contributed by atoms with Gasteiger partial charge >= 0.3 is 0 Å². The van der Waals surface area contributed by atoms with Gasteiger partial charge in [0.25, 0.3) is 0 Å². The van der Waals surface area contributed by atoms with Crippen LogP contribution in [0.25, 0.3) is 49.2 Å². The van der Waals surface area contributed by atoms with Crippen molar-refractivity contribution in [3.8, 4) is 11.1 Å². The summed E-state index contributed by atoms with van der Waals surface area (Å²) in [7, 11) is 0. The fraction of sp³-hybridized carbons (Fsp3) is 0.409. The van der Waals surface area contributed by atoms with Gasteiger partial charge in [-0.05, 0) is 139 Å². The van der Waals surface area contributed by atoms with Crippen LogP contribution in [-0.2, 0) is 23.7 Å². The van der Waals surface area contributed by atoms with Crippen molar-refractivity contribution in [1.82, 2.24) is 4.40 Å². The van der Waals surface area contributed by atoms with E-state index in [1.807, 2.05) is 0 Å². The molecule has 4 aromatic carbocycles. The molecular formula is C44H41NO2. The second-order valence-electron chi connectivity index (χ2n) is 17.4. The average molecular weight is 616 g/mol. The summed E-state index contributed by atoms with van der Waals surface area (Å²) in [5, 5.41) is 5.18. The van der Waals surface area contributed by atoms with E-state index in [0.29, 0.717) is 11.6 Å². The molecule has 234 valence electrons. The average Bonchev–Trinajstić information content (AvgIpc) is 3.50. The van der Waals surface area contributed by atoms with E-state index in [9.17, 15) is 9.59 Å². The maximum atomic E-state index is 14.4. The van der Waals surface area contributed by atoms with Crippen molar-refractivity contribution in [2.45, 2.75) is 103 Å². The first-order chi connectivity index (χ1) is 22.5. The van der Waals surface area contributed by atoms with Crippen LogP contribution < -0.4 is 0 Å². The van der Waals surface area contributed by atoms with Crippen molar-refractivity contribution in [1.29, 1.82) is 0 Å². The van der Waals surface area contributed by atoms with E-state index in [0.717, 1.165) is 86.4 Å². The minimum atomic E-state index is -0.283. The number of carbonyl (C=O) groups excluding carboxylic acids is 2. The van der Waals surface area contributed by atoms with Crippen molar-refractivity contribution in [2.24, 2.45) is 10.8 Å². The molecule has 6 aromatic rings. The summed E-state index contributed by atoms with van der Waals surface area (Å²) in [6, 6.07) is 20.9. The maximum absolute atomic E-state index is 14.4. The monoisotopic (exact) mass is 615 g/mol. The number of carbonyl (C=O) groups is 2. The molecule has 0 atom stereocenters. The van der Waals surface area contributed by atoms with Gasteiger partial charge in [0.05, 0.1) is 16.6 Å². The molecule has 3 nitrogen and oxygen atoms in total. The van der Waals surface area contributed by atoms with Crippen LogP contribution in [0.1, 0.15) is 122 Å². The van der Waals surface area contributed by atoms with Crippen LogP contribution in [0, 0.1) is 10.8 Å². The number of Topliss-reactive ketones (excluding diaryl/α,β-unsaturated/α-hetero) is 2. The second kappa shape index (κ2) is 8.17. The summed E-state index contributed by atoms with van der Waals surface area (Å²) >= 11 is 0. The Morgan fingerprint density at radius 1 is 0.532 bits per heavy atom. The van der Waals surface area contributed by atoms with Gasteiger partial charge in [0.2, 0.25) is 0 Å². The van der Waals surface area contributed by atoms with Crippen LogP contribution in [0.5, 0.6) is 0 Å². The number of nitrogens with zero attached hydrogens (tertiary/aromatic N) is 1. The highest BCUT2D eigenvalue weighted by molar-refractivity contribution is 6.27. The van der Waals surface area contributed by atoms with Crippen molar-refractivity contribution in [3.05, 3.63) is 88.0 Å². The molecular weight excluding hydrogens is 574 g/mol. The Bertz CT molecular complexity index is 2450. The molecule has 2 saturated carbocycles. The predicted molar refractivity (Wildman–Crippen MR) is 190 cm³/mol. The van der Waals surface area contributed by atoms with Crippen LogP contribution in [0.4, 0.5) is 0 Å². The third kappa shape index (κ3) is 3.07. The first-order valence-corrected chi connectivity index (χ1v) is 18.1. The minimum absolute atomic E-state index is 0.0170. The van der Waals surface area contributed by atoms with E-state index in [1.54, 1.807) is 0 Å². The van der Waals surface area contributed by atoms with E-state index < -0.39 is 0 Å². The van der Waals surface area contributed by atoms with Crippen LogP contribution in [-0.4, -0.2) is 16.0 Å². The van der Waals surface area contributed by atoms with E-state index in [-0.39, 0.29) is 21.7 Å². The summed E-state index contributed by atoms with van der Waals surface area (Å²) in [5.74, 6) is 0.660. The number of fused-ring (bicyclic) bond motifs is 14. The highest BCUT2D eigenvalue weighted by atomic mass is 16.1. The highest BCUT2D eigenvalue weighted by Gasteiger charge is 2.50. The number of hydrogen-bond donors (Lipinski definition) is 0. The molecule has 13 rings (SSSR count). The van der Waals surface area contributed by atoms with Gasteiger partial charge in [-0.15, -0.1) is 0 Å². The van der Waals surface area contributed by atoms with Crippen molar-refractivity contribution in [3.63, 3.8) is 0 Å². The maximum Gasteiger partial charge on any atom is 0.169 e. The number of hydrogen-bond acceptors (Lipinski definition) is 2. The number of benzene rings is 4. The second-order valence-corrected chi connectivity index (χ2v) is 17.4. The Balaban J connectivity index is 1.34. The standard InChI is InChI=1S/C44H41NO2/c1-41-11-15-43(3,16-12-41)39(46)30-22-35-28(20-33(30)41)29-19-27-25-8-6-5-7-24(25)9-10-26(27)37-32-21-34-31(23-36(32)45(35)38(29)37)40(47)44(4)17-13-42(34,2)14-18-44/h5-8,19-23H,9-18H2,1-4H3. The van der Waals surface area contributed by atoms with Gasteiger partial charge in [0, 0.05) is 43.5 Å². The number of aryl methyl sites for hydroxylation is 2. The van der Waals surface area contributed by atoms with Gasteiger partial charge in [-0.2, -0.15) is 0 Å². The van der Waals surface area contributed by atoms with Crippen LogP contribution in [0.3, 0.4) is 0 Å². The molecule has 2 heterocycles. The molecule has 47 heavy (non-hydrogen) atoms. The molecule has 0 amide bonds. The topological polar surface area (TPSA) is 38.5 Å². The third-order valence-electron chi connectivity index (χ3n) is 14.7. The molecule has 0 unspecified atom stereocenters. The van der Waals surface area contributed by atoms with Crippen molar-refractivity contribution >= 4 is 49.7 Å². The molecule has 0 radical (unpaired) electrons. The van der Waals surface area contributed by atoms with E-state index in [1.165, 1.54) is 60.4 Å². The molecule has 3 heteroatoms. The highest BCUT2D eigenvalue weighted by Crippen LogP contribution is 2.57. The SMILES string of the molecule is CC12CCC(C)(CC1)c1cc3c4cc5c(c6c7cc8c(cc7n(c3cc1C2=O)c46)C(=O)C1(C)CCC8(C)CC1)CCc1ccccc1-5. The summed E-state index contributed by atoms with van der Waals surface area (Å²) < 4.78 is 2.46. The van der Waals surface area contributed by atoms with Gasteiger partial charge in [0.1, 0.15) is 0 Å². The molecule has 0 aliphatic heterocycles. The van der Waals surface area contributed by atoms with Crippen molar-refractivity contribution in [2.75, 3.05) is 0 Å². The number of ketones is 2. The summed E-state index contributed by atoms with van der Waals surface area (Å²) in [4.78, 5) is 28.8. The number of rotatable bonds is 0. The molecule has 2 aromatic heterocycles. The zero-order chi connectivity index (χ0) is 31.8. The Labute approximate surface area is 275 Å². The molecule has 0 spiro atoms. The first kappa shape index (κ1) is 27.0. The smallest absolute Gasteiger partial charge is 0.169 e. The van der Waals surface area contributed by atoms with Gasteiger partial charge in [-0.3, -0.25) is 9.59 Å². The Hall–Kier alpha value is -3.98. The zero-order valence-corrected chi connectivity index (χ0v) is 28.0. The Morgan fingerprint density at radius 3 is 1.68 bits per heavy atom. The van der Waals surface area contributed by atoms with Gasteiger partial charge < -0.3 is 4.40 Å². The molecule has 7 aliphatic rings. The quantitative estimate of drug-likeness (QED) is 0.171. The summed E-state index contributed by atoms with van der Waals surface area (Å²) in [5.41, 5.74) is 13.0. The predicted octanol–water partition coefficient (Wildman–Crippen LogP) is 10.7. The van der Waals surface area contributed by atoms with Gasteiger partial charge in [-0.1, -0.05) is 52.0 Å². The lowest BCUT2D eigenvalue weighted by Gasteiger charge is -2.38. The first-order valence-electron chi connectivity index (χ1n) is 18.1. The lowest BCUT2D eigenvalue weighted by Crippen LogP contribution is -2.33. The van der Waals surface area contributed by atoms with Gasteiger partial charge in [-0.25, -0.2) is 0 Å². The Kier molecular flexibility index (Phi) is 4.70. The molecule has 0 saturated heterocycles. The van der Waals surface area contributed by atoms with E-state index >= 15 is 0 Å². The fourth-order valence-corrected chi connectivity index (χ4v) is 11.3. The largest absolute Gasteiger partial charge is 0.308 e. The lowest BCUT2D eigenvalue weighted by molar-refractivity contribution is 0.0726. The normalized spacial score (nSPS) is 31.0. The third-order valence-corrected chi connectivity index (χ3v) is 14.7. The molecule has 2 fully saturated rings. The van der Waals surface area contributed by atoms with E-state index in [4.69, 9.17) is 0 Å². The number of aromatic nitrogens is 1. The van der Waals surface area contributed by atoms with Crippen LogP contribution >= 0.6 is 0 Å². The summed E-state index contributed by atoms with van der Waals surface area (Å²) in [6.45, 7) is 9.22. The molecule has 7 aliphatic carbocycles. The lowest BCUT2D eigenvalue weighted by atomic mass is 9.65. The Morgan fingerprint density at radius 2 is 1.06 bits per heavy atom. The zero-order valence-electron chi connectivity index (χ0n) is 28.0. The van der Waals surface area contributed by atoms with E-state index in [2.05, 4.69) is 86.7 Å². The van der Waals surface area contributed by atoms with Crippen molar-refractivity contribution < 1.29 is 9.59 Å².